The molecule has 0 aliphatic carbocycles. The van der Waals surface area contributed by atoms with Gasteiger partial charge in [0.25, 0.3) is 5.91 Å². The summed E-state index contributed by atoms with van der Waals surface area (Å²) in [6.07, 6.45) is -0.679. The molecule has 0 unspecified atom stereocenters. The number of fused-ring (bicyclic) bond motifs is 1. The first kappa shape index (κ1) is 27.1. The summed E-state index contributed by atoms with van der Waals surface area (Å²) in [4.78, 5) is 28.3. The van der Waals surface area contributed by atoms with Crippen LogP contribution in [-0.2, 0) is 16.1 Å². The molecular weight excluding hydrogens is 503 g/mol. The van der Waals surface area contributed by atoms with E-state index in [-0.39, 0.29) is 23.8 Å². The van der Waals surface area contributed by atoms with Crippen LogP contribution in [0.4, 0.5) is 14.9 Å². The van der Waals surface area contributed by atoms with Crippen LogP contribution in [0.3, 0.4) is 0 Å². The maximum absolute atomic E-state index is 15.0. The summed E-state index contributed by atoms with van der Waals surface area (Å²) in [5.74, 6) is 2.48. The Morgan fingerprint density at radius 2 is 1.91 bits per heavy atom. The van der Waals surface area contributed by atoms with E-state index in [1.54, 1.807) is 43.9 Å². The van der Waals surface area contributed by atoms with Gasteiger partial charge in [-0.05, 0) is 50.6 Å². The molecule has 9 heteroatoms. The van der Waals surface area contributed by atoms with E-state index < -0.39 is 31.6 Å². The van der Waals surface area contributed by atoms with E-state index in [1.807, 2.05) is 12.1 Å². The fourth-order valence-electron chi connectivity index (χ4n) is 3.26. The van der Waals surface area contributed by atoms with Crippen molar-refractivity contribution in [2.75, 3.05) is 10.7 Å². The van der Waals surface area contributed by atoms with Gasteiger partial charge in [-0.1, -0.05) is 31.8 Å². The molecule has 0 bridgehead atoms. The van der Waals surface area contributed by atoms with Crippen molar-refractivity contribution in [3.8, 4) is 11.5 Å². The normalized spacial score (nSPS) is 16.1. The van der Waals surface area contributed by atoms with Gasteiger partial charge in [0.2, 0.25) is 0 Å². The minimum absolute atomic E-state index is 0.225. The average molecular weight is 533 g/mol. The van der Waals surface area contributed by atoms with E-state index in [9.17, 15) is 14.0 Å². The molecule has 0 fully saturated rings. The van der Waals surface area contributed by atoms with Crippen molar-refractivity contribution in [3.05, 3.63) is 58.4 Å². The molecule has 1 heterocycles. The number of hydrogen-bond donors (Lipinski definition) is 1. The predicted molar refractivity (Wildman–Crippen MR) is 143 cm³/mol. The lowest BCUT2D eigenvalue weighted by Gasteiger charge is -2.27. The van der Waals surface area contributed by atoms with Crippen LogP contribution in [0.15, 0.2) is 41.3 Å². The van der Waals surface area contributed by atoms with Gasteiger partial charge in [-0.25, -0.2) is 9.18 Å². The van der Waals surface area contributed by atoms with Crippen molar-refractivity contribution in [2.45, 2.75) is 63.5 Å². The van der Waals surface area contributed by atoms with Gasteiger partial charge in [-0.3, -0.25) is 10.3 Å². The highest BCUT2D eigenvalue weighted by molar-refractivity contribution is 7.99. The maximum Gasteiger partial charge on any atom is 0.408 e. The van der Waals surface area contributed by atoms with Gasteiger partial charge < -0.3 is 15.0 Å². The monoisotopic (exact) mass is 532 g/mol. The number of benzene rings is 2. The van der Waals surface area contributed by atoms with Gasteiger partial charge in [0.1, 0.15) is 17.5 Å². The number of alkyl carbamates (subject to hydrolysis) is 1. The third kappa shape index (κ3) is 7.76. The van der Waals surface area contributed by atoms with Crippen LogP contribution < -0.4 is 10.2 Å². The van der Waals surface area contributed by atoms with Crippen LogP contribution >= 0.6 is 23.4 Å². The summed E-state index contributed by atoms with van der Waals surface area (Å²) in [6, 6.07) is 9.37. The van der Waals surface area contributed by atoms with Gasteiger partial charge in [0.05, 0.1) is 17.8 Å². The Hall–Kier alpha value is -2.47. The Bertz CT molecular complexity index is 1180. The highest BCUT2D eigenvalue weighted by Crippen LogP contribution is 2.37. The van der Waals surface area contributed by atoms with Gasteiger partial charge in [0.15, 0.2) is 0 Å². The summed E-state index contributed by atoms with van der Waals surface area (Å²) in [5, 5.41) is 3.27. The topological polar surface area (TPSA) is 58.6 Å². The Morgan fingerprint density at radius 1 is 1.26 bits per heavy atom. The molecule has 35 heavy (non-hydrogen) atoms. The number of ether oxygens (including phenoxy) is 1. The highest BCUT2D eigenvalue weighted by Gasteiger charge is 2.34. The van der Waals surface area contributed by atoms with Crippen molar-refractivity contribution in [1.29, 1.82) is 0 Å². The number of amides is 2. The second-order valence-electron chi connectivity index (χ2n) is 10.4. The zero-order valence-electron chi connectivity index (χ0n) is 20.8. The lowest BCUT2D eigenvalue weighted by atomic mass is 10.1. The smallest absolute Gasteiger partial charge is 0.408 e. The van der Waals surface area contributed by atoms with Crippen molar-refractivity contribution in [3.63, 3.8) is 0 Å². The van der Waals surface area contributed by atoms with Crippen molar-refractivity contribution in [1.82, 2.24) is 5.32 Å². The Kier molecular flexibility index (Phi) is 8.25. The summed E-state index contributed by atoms with van der Waals surface area (Å²) in [5.41, 5.74) is 4.14. The lowest BCUT2D eigenvalue weighted by molar-refractivity contribution is -0.120. The fraction of sp³-hybridized carbons (Fsp3) is 0.385. The summed E-state index contributed by atoms with van der Waals surface area (Å²) >= 11 is 7.35. The van der Waals surface area contributed by atoms with Gasteiger partial charge in [-0.2, -0.15) is 19.6 Å². The van der Waals surface area contributed by atoms with Gasteiger partial charge >= 0.3 is 6.09 Å². The van der Waals surface area contributed by atoms with Crippen LogP contribution in [-0.4, -0.2) is 37.5 Å². The quantitative estimate of drug-likeness (QED) is 0.375. The van der Waals surface area contributed by atoms with Crippen LogP contribution in [0.25, 0.3) is 0 Å². The molecule has 2 aromatic rings. The molecule has 187 valence electrons. The van der Waals surface area contributed by atoms with Crippen LogP contribution in [0, 0.1) is 17.3 Å². The van der Waals surface area contributed by atoms with Crippen LogP contribution in [0.2, 0.25) is 24.7 Å². The van der Waals surface area contributed by atoms with E-state index in [1.165, 1.54) is 17.8 Å². The Labute approximate surface area is 216 Å². The molecule has 1 atom stereocenters. The molecule has 0 saturated carbocycles. The van der Waals surface area contributed by atoms with Gasteiger partial charge in [-0.15, -0.1) is 17.7 Å². The number of halogens is 2. The number of nitrogens with one attached hydrogen (secondary N) is 1. The van der Waals surface area contributed by atoms with Crippen molar-refractivity contribution < 1.29 is 18.7 Å². The van der Waals surface area contributed by atoms with E-state index in [2.05, 4.69) is 36.4 Å². The molecule has 0 saturated heterocycles. The number of nitrogens with zero attached hydrogens (tertiary/aromatic N) is 1. The molecule has 0 radical (unpaired) electrons. The van der Waals surface area contributed by atoms with E-state index in [0.29, 0.717) is 15.6 Å². The highest BCUT2D eigenvalue weighted by atomic mass is 35.5. The molecule has 0 aromatic heterocycles. The maximum atomic E-state index is 15.0. The molecule has 1 aliphatic rings. The molecule has 1 N–H and O–H groups in total. The third-order valence-electron chi connectivity index (χ3n) is 4.83. The summed E-state index contributed by atoms with van der Waals surface area (Å²) in [7, 11) is -1.74. The molecule has 2 amide bonds. The van der Waals surface area contributed by atoms with E-state index >= 15 is 0 Å². The number of carbonyl (C=O) groups is 2. The second kappa shape index (κ2) is 10.6. The number of anilines is 1. The number of thioether (sulfide) groups is 1. The summed E-state index contributed by atoms with van der Waals surface area (Å²) in [6.45, 7) is 11.7. The second-order valence-corrected chi connectivity index (χ2v) is 16.6. The van der Waals surface area contributed by atoms with Gasteiger partial charge in [0, 0.05) is 15.7 Å². The first-order valence-electron chi connectivity index (χ1n) is 11.3. The largest absolute Gasteiger partial charge is 0.444 e. The average Bonchev–Trinajstić information content (AvgIpc) is 2.84. The van der Waals surface area contributed by atoms with E-state index in [0.717, 1.165) is 5.56 Å². The Balaban J connectivity index is 2.02. The number of carbonyl (C=O) groups excluding carboxylic acids is 2. The molecular formula is C26H30ClFN2O3SSi-. The van der Waals surface area contributed by atoms with Crippen LogP contribution in [0.1, 0.15) is 31.9 Å². The number of hydrogen-bond acceptors (Lipinski definition) is 4. The minimum atomic E-state index is -1.74. The molecule has 1 aliphatic heterocycles. The van der Waals surface area contributed by atoms with Crippen molar-refractivity contribution >= 4 is 49.1 Å². The van der Waals surface area contributed by atoms with Crippen molar-refractivity contribution in [2.24, 2.45) is 0 Å². The first-order chi connectivity index (χ1) is 16.2. The standard InChI is InChI=1S/C26H30ClFN2O3SSi/c1-26(2,3)33-25(32)29-21-16-34-23-14-20(28)18(11-12-35(4,5)6)13-22(23)30(24(21)31)15-17-7-9-19(27)10-8-17/h7-10,13-14,21H,15-16H2,1-6H3,(H,29,32)/q-1/t21-/m0/s1. The molecule has 2 aromatic carbocycles. The molecule has 3 rings (SSSR count). The molecule has 0 spiro atoms. The fourth-order valence-corrected chi connectivity index (χ4v) is 4.97. The zero-order chi connectivity index (χ0) is 26.0. The first-order valence-corrected chi connectivity index (χ1v) is 16.1. The SMILES string of the molecule is CC(C)(C)OC(=O)N[C@H]1CSc2cc(F)c(C#C[Si-](C)(C)C)cc2N(Cc2ccc(Cl)cc2)C1=O. The predicted octanol–water partition coefficient (Wildman–Crippen LogP) is 6.24. The van der Waals surface area contributed by atoms with Crippen LogP contribution in [0.5, 0.6) is 0 Å². The third-order valence-corrected chi connectivity index (χ3v) is 7.09. The summed E-state index contributed by atoms with van der Waals surface area (Å²) < 4.78 is 20.3. The number of rotatable bonds is 3. The Morgan fingerprint density at radius 3 is 2.51 bits per heavy atom. The van der Waals surface area contributed by atoms with E-state index in [4.69, 9.17) is 16.3 Å². The lowest BCUT2D eigenvalue weighted by Crippen LogP contribution is -2.50. The zero-order valence-corrected chi connectivity index (χ0v) is 23.4. The minimum Gasteiger partial charge on any atom is -0.444 e. The molecule has 5 nitrogen and oxygen atoms in total.